The molecule has 6 nitrogen and oxygen atoms in total. The highest BCUT2D eigenvalue weighted by Gasteiger charge is 2.42. The van der Waals surface area contributed by atoms with Crippen molar-refractivity contribution in [3.05, 3.63) is 47.8 Å². The molecule has 0 saturated carbocycles. The Morgan fingerprint density at radius 2 is 2.12 bits per heavy atom. The van der Waals surface area contributed by atoms with Crippen LogP contribution in [0.5, 0.6) is 5.75 Å². The molecule has 2 aliphatic heterocycles. The summed E-state index contributed by atoms with van der Waals surface area (Å²) in [5, 5.41) is 17.2. The predicted octanol–water partition coefficient (Wildman–Crippen LogP) is 1.86. The number of aliphatic hydroxyl groups excluding tert-OH is 1. The van der Waals surface area contributed by atoms with E-state index >= 15 is 0 Å². The number of piperidine rings is 1. The molecule has 1 saturated heterocycles. The number of ether oxygens (including phenoxy) is 1. The fraction of sp³-hybridized carbons (Fsp3) is 0.550. The van der Waals surface area contributed by atoms with E-state index in [4.69, 9.17) is 4.74 Å². The van der Waals surface area contributed by atoms with Gasteiger partial charge < -0.3 is 20.1 Å². The summed E-state index contributed by atoms with van der Waals surface area (Å²) in [5.41, 5.74) is 2.34. The maximum atomic E-state index is 9.18. The fourth-order valence-electron chi connectivity index (χ4n) is 4.24. The van der Waals surface area contributed by atoms with E-state index in [-0.39, 0.29) is 18.2 Å². The minimum absolute atomic E-state index is 0.104. The molecule has 6 heteroatoms. The predicted molar refractivity (Wildman–Crippen MR) is 100.0 cm³/mol. The molecule has 0 bridgehead atoms. The second-order valence-corrected chi connectivity index (χ2v) is 7.55. The van der Waals surface area contributed by atoms with Gasteiger partial charge in [0.1, 0.15) is 11.4 Å². The molecule has 1 aromatic carbocycles. The van der Waals surface area contributed by atoms with E-state index in [1.54, 1.807) is 0 Å². The quantitative estimate of drug-likeness (QED) is 0.856. The summed E-state index contributed by atoms with van der Waals surface area (Å²) >= 11 is 0. The number of aromatic nitrogens is 2. The Kier molecular flexibility index (Phi) is 4.98. The molecule has 4 rings (SSSR count). The molecule has 2 N–H and O–H groups in total. The number of benzene rings is 1. The number of nitrogens with zero attached hydrogens (tertiary/aromatic N) is 3. The number of para-hydroxylation sites is 1. The summed E-state index contributed by atoms with van der Waals surface area (Å²) < 4.78 is 8.37. The molecular weight excluding hydrogens is 328 g/mol. The van der Waals surface area contributed by atoms with Crippen LogP contribution in [0.2, 0.25) is 0 Å². The minimum Gasteiger partial charge on any atom is -0.487 e. The Hall–Kier alpha value is -1.89. The van der Waals surface area contributed by atoms with E-state index < -0.39 is 0 Å². The van der Waals surface area contributed by atoms with Crippen LogP contribution in [0.15, 0.2) is 36.7 Å². The largest absolute Gasteiger partial charge is 0.487 e. The zero-order valence-electron chi connectivity index (χ0n) is 15.4. The van der Waals surface area contributed by atoms with Gasteiger partial charge in [-0.2, -0.15) is 5.10 Å². The highest BCUT2D eigenvalue weighted by atomic mass is 16.5. The zero-order chi connectivity index (χ0) is 18.0. The Labute approximate surface area is 154 Å². The summed E-state index contributed by atoms with van der Waals surface area (Å²) in [6.45, 7) is 3.76. The van der Waals surface area contributed by atoms with Crippen LogP contribution in [0.25, 0.3) is 0 Å². The van der Waals surface area contributed by atoms with Crippen molar-refractivity contribution in [1.82, 2.24) is 20.0 Å². The first-order chi connectivity index (χ1) is 12.7. The van der Waals surface area contributed by atoms with Crippen molar-refractivity contribution in [3.63, 3.8) is 0 Å². The number of hydrogen-bond acceptors (Lipinski definition) is 5. The van der Waals surface area contributed by atoms with Gasteiger partial charge in [0.15, 0.2) is 0 Å². The smallest absolute Gasteiger partial charge is 0.124 e. The van der Waals surface area contributed by atoms with Gasteiger partial charge >= 0.3 is 0 Å². The number of likely N-dealkylation sites (tertiary alicyclic amines) is 1. The van der Waals surface area contributed by atoms with Crippen LogP contribution in [0.3, 0.4) is 0 Å². The average molecular weight is 356 g/mol. The minimum atomic E-state index is -0.104. The van der Waals surface area contributed by atoms with Gasteiger partial charge in [0.2, 0.25) is 0 Å². The highest BCUT2D eigenvalue weighted by Crippen LogP contribution is 2.44. The Morgan fingerprint density at radius 1 is 1.31 bits per heavy atom. The first-order valence-electron chi connectivity index (χ1n) is 9.49. The van der Waals surface area contributed by atoms with Crippen LogP contribution in [0.4, 0.5) is 0 Å². The molecule has 1 fully saturated rings. The lowest BCUT2D eigenvalue weighted by atomic mass is 9.80. The van der Waals surface area contributed by atoms with Crippen molar-refractivity contribution in [2.75, 3.05) is 26.2 Å². The molecule has 2 aliphatic rings. The SMILES string of the molecule is Cn1cc(CNC2CC3(CCN(CCO)CC3)Oc3ccccc32)cn1. The lowest BCUT2D eigenvalue weighted by Gasteiger charge is -2.47. The number of hydrogen-bond donors (Lipinski definition) is 2. The molecule has 3 heterocycles. The monoisotopic (exact) mass is 356 g/mol. The van der Waals surface area contributed by atoms with E-state index in [0.29, 0.717) is 0 Å². The number of β-amino-alcohol motifs (C(OH)–C–C–N with tert-alkyl or cyclic N) is 1. The van der Waals surface area contributed by atoms with Crippen LogP contribution in [0.1, 0.15) is 36.4 Å². The van der Waals surface area contributed by atoms with Gasteiger partial charge in [-0.3, -0.25) is 4.68 Å². The van der Waals surface area contributed by atoms with E-state index in [1.807, 2.05) is 17.9 Å². The highest BCUT2D eigenvalue weighted by molar-refractivity contribution is 5.39. The first kappa shape index (κ1) is 17.5. The molecule has 1 unspecified atom stereocenters. The Balaban J connectivity index is 1.50. The van der Waals surface area contributed by atoms with Crippen LogP contribution >= 0.6 is 0 Å². The number of nitrogens with one attached hydrogen (secondary N) is 1. The van der Waals surface area contributed by atoms with Crippen LogP contribution in [-0.4, -0.2) is 51.6 Å². The molecule has 26 heavy (non-hydrogen) atoms. The van der Waals surface area contributed by atoms with Gasteiger partial charge in [-0.15, -0.1) is 0 Å². The fourth-order valence-corrected chi connectivity index (χ4v) is 4.24. The van der Waals surface area contributed by atoms with Crippen LogP contribution in [0, 0.1) is 0 Å². The van der Waals surface area contributed by atoms with Gasteiger partial charge in [0.25, 0.3) is 0 Å². The van der Waals surface area contributed by atoms with E-state index in [0.717, 1.165) is 51.2 Å². The van der Waals surface area contributed by atoms with Crippen LogP contribution in [-0.2, 0) is 13.6 Å². The van der Waals surface area contributed by atoms with Crippen LogP contribution < -0.4 is 10.1 Å². The summed E-state index contributed by atoms with van der Waals surface area (Å²) in [5.74, 6) is 1.01. The summed E-state index contributed by atoms with van der Waals surface area (Å²) in [6, 6.07) is 8.68. The van der Waals surface area contributed by atoms with Gasteiger partial charge in [0.05, 0.1) is 12.8 Å². The third-order valence-corrected chi connectivity index (χ3v) is 5.69. The molecule has 1 spiro atoms. The molecule has 1 aromatic heterocycles. The van der Waals surface area contributed by atoms with Gasteiger partial charge in [-0.05, 0) is 18.9 Å². The summed E-state index contributed by atoms with van der Waals surface area (Å²) in [4.78, 5) is 2.33. The van der Waals surface area contributed by atoms with Gasteiger partial charge in [-0.25, -0.2) is 0 Å². The Bertz CT molecular complexity index is 737. The van der Waals surface area contributed by atoms with E-state index in [9.17, 15) is 5.11 Å². The Morgan fingerprint density at radius 3 is 2.85 bits per heavy atom. The van der Waals surface area contributed by atoms with Gasteiger partial charge in [-0.1, -0.05) is 18.2 Å². The van der Waals surface area contributed by atoms with Crippen molar-refractivity contribution < 1.29 is 9.84 Å². The summed E-state index contributed by atoms with van der Waals surface area (Å²) in [7, 11) is 1.95. The lowest BCUT2D eigenvalue weighted by Crippen LogP contribution is -2.52. The maximum absolute atomic E-state index is 9.18. The zero-order valence-corrected chi connectivity index (χ0v) is 15.4. The normalized spacial score (nSPS) is 22.2. The number of rotatable bonds is 5. The second kappa shape index (κ2) is 7.39. The second-order valence-electron chi connectivity index (χ2n) is 7.55. The van der Waals surface area contributed by atoms with E-state index in [1.165, 1.54) is 11.1 Å². The summed E-state index contributed by atoms with van der Waals surface area (Å²) in [6.07, 6.45) is 6.97. The third kappa shape index (κ3) is 3.63. The van der Waals surface area contributed by atoms with Gasteiger partial charge in [0, 0.05) is 63.0 Å². The molecule has 0 amide bonds. The van der Waals surface area contributed by atoms with Crippen molar-refractivity contribution in [2.45, 2.75) is 37.5 Å². The molecule has 0 aliphatic carbocycles. The molecule has 140 valence electrons. The van der Waals surface area contributed by atoms with Crippen molar-refractivity contribution in [1.29, 1.82) is 0 Å². The number of aryl methyl sites for hydroxylation is 1. The van der Waals surface area contributed by atoms with Crippen molar-refractivity contribution >= 4 is 0 Å². The van der Waals surface area contributed by atoms with Crippen molar-refractivity contribution in [3.8, 4) is 5.75 Å². The maximum Gasteiger partial charge on any atom is 0.124 e. The first-order valence-corrected chi connectivity index (χ1v) is 9.49. The lowest BCUT2D eigenvalue weighted by molar-refractivity contribution is -0.0278. The average Bonchev–Trinajstić information content (AvgIpc) is 3.07. The topological polar surface area (TPSA) is 62.6 Å². The third-order valence-electron chi connectivity index (χ3n) is 5.69. The number of fused-ring (bicyclic) bond motifs is 1. The number of aliphatic hydroxyl groups is 1. The molecule has 0 radical (unpaired) electrons. The van der Waals surface area contributed by atoms with E-state index in [2.05, 4.69) is 45.8 Å². The van der Waals surface area contributed by atoms with Crippen molar-refractivity contribution in [2.24, 2.45) is 7.05 Å². The molecule has 2 aromatic rings. The molecular formula is C20H28N4O2. The molecule has 1 atom stereocenters. The standard InChI is InChI=1S/C20H28N4O2/c1-23-15-16(14-22-23)13-21-18-12-20(6-8-24(9-7-20)10-11-25)26-19-5-3-2-4-17(18)19/h2-5,14-15,18,21,25H,6-13H2,1H3.